The van der Waals surface area contributed by atoms with Crippen LogP contribution in [0.3, 0.4) is 0 Å². The number of phenolic OH excluding ortho intramolecular Hbond substituents is 1. The van der Waals surface area contributed by atoms with Gasteiger partial charge in [-0.25, -0.2) is 0 Å². The third-order valence-electron chi connectivity index (χ3n) is 9.60. The third kappa shape index (κ3) is 4.26. The van der Waals surface area contributed by atoms with Crippen LogP contribution in [0.2, 0.25) is 0 Å². The van der Waals surface area contributed by atoms with Crippen molar-refractivity contribution in [2.45, 2.75) is 39.5 Å². The molecule has 0 saturated carbocycles. The lowest BCUT2D eigenvalue weighted by Gasteiger charge is -2.42. The molecule has 0 bridgehead atoms. The van der Waals surface area contributed by atoms with Crippen molar-refractivity contribution < 1.29 is 24.3 Å². The summed E-state index contributed by atoms with van der Waals surface area (Å²) in [6, 6.07) is 20.7. The quantitative estimate of drug-likeness (QED) is 0.209. The number of carbonyl (C=O) groups is 4. The van der Waals surface area contributed by atoms with Crippen LogP contribution in [0, 0.1) is 31.6 Å². The second-order valence-electron chi connectivity index (χ2n) is 12.3. The lowest BCUT2D eigenvalue weighted by atomic mass is 9.59. The van der Waals surface area contributed by atoms with Crippen molar-refractivity contribution in [3.05, 3.63) is 118 Å². The van der Waals surface area contributed by atoms with Gasteiger partial charge in [0.1, 0.15) is 5.75 Å². The predicted molar refractivity (Wildman–Crippen MR) is 168 cm³/mol. The molecule has 3 aromatic rings. The van der Waals surface area contributed by atoms with Gasteiger partial charge in [0.2, 0.25) is 11.8 Å². The number of allylic oxidation sites excluding steroid dienone is 6. The molecule has 3 aromatic carbocycles. The number of ketones is 2. The molecule has 1 heterocycles. The van der Waals surface area contributed by atoms with Crippen molar-refractivity contribution >= 4 is 40.4 Å². The van der Waals surface area contributed by atoms with Crippen LogP contribution in [0.4, 0.5) is 17.1 Å². The SMILES string of the molecule is CC1=CC(=O)C2=C(C1=O)C(c1cc(C)c(O)c(C)c1)C1=CCC3C(=O)N(c4ccc(Nc5ccccc5)cc4)C(=O)C3C1C2. The second kappa shape index (κ2) is 10.3. The number of rotatable bonds is 4. The van der Waals surface area contributed by atoms with E-state index in [9.17, 15) is 24.3 Å². The van der Waals surface area contributed by atoms with Gasteiger partial charge in [-0.05, 0) is 98.7 Å². The number of phenols is 1. The van der Waals surface area contributed by atoms with E-state index >= 15 is 0 Å². The molecule has 7 heteroatoms. The number of nitrogens with one attached hydrogen (secondary N) is 1. The molecule has 1 saturated heterocycles. The fourth-order valence-electron chi connectivity index (χ4n) is 7.53. The number of hydrogen-bond acceptors (Lipinski definition) is 6. The number of benzene rings is 3. The summed E-state index contributed by atoms with van der Waals surface area (Å²) in [5, 5.41) is 13.8. The minimum atomic E-state index is -0.643. The molecule has 4 unspecified atom stereocenters. The summed E-state index contributed by atoms with van der Waals surface area (Å²) in [5.41, 5.74) is 6.57. The highest BCUT2D eigenvalue weighted by Gasteiger charge is 2.56. The van der Waals surface area contributed by atoms with E-state index in [1.165, 1.54) is 11.0 Å². The number of aryl methyl sites for hydroxylation is 2. The number of nitrogens with zero attached hydrogens (tertiary/aromatic N) is 1. The van der Waals surface area contributed by atoms with Gasteiger partial charge in [0, 0.05) is 34.0 Å². The number of Topliss-reactive ketones (excluding diaryl/α,β-unsaturated/α-hetero) is 1. The fraction of sp³-hybridized carbons (Fsp3) is 0.243. The van der Waals surface area contributed by atoms with Crippen molar-refractivity contribution in [1.29, 1.82) is 0 Å². The molecule has 4 aliphatic rings. The maximum atomic E-state index is 14.2. The summed E-state index contributed by atoms with van der Waals surface area (Å²) in [7, 11) is 0. The molecule has 0 spiro atoms. The Bertz CT molecular complexity index is 1840. The van der Waals surface area contributed by atoms with Crippen LogP contribution in [0.1, 0.15) is 42.4 Å². The molecule has 7 nitrogen and oxygen atoms in total. The molecule has 1 aliphatic heterocycles. The first-order chi connectivity index (χ1) is 21.1. The smallest absolute Gasteiger partial charge is 0.238 e. The van der Waals surface area contributed by atoms with E-state index in [2.05, 4.69) is 5.32 Å². The molecule has 7 rings (SSSR count). The van der Waals surface area contributed by atoms with Crippen molar-refractivity contribution in [3.63, 3.8) is 0 Å². The van der Waals surface area contributed by atoms with Gasteiger partial charge >= 0.3 is 0 Å². The average molecular weight is 585 g/mol. The largest absolute Gasteiger partial charge is 0.507 e. The maximum Gasteiger partial charge on any atom is 0.238 e. The van der Waals surface area contributed by atoms with E-state index in [4.69, 9.17) is 0 Å². The number of para-hydroxylation sites is 1. The predicted octanol–water partition coefficient (Wildman–Crippen LogP) is 6.39. The van der Waals surface area contributed by atoms with Gasteiger partial charge in [-0.3, -0.25) is 24.1 Å². The monoisotopic (exact) mass is 584 g/mol. The Morgan fingerprint density at radius 2 is 1.48 bits per heavy atom. The van der Waals surface area contributed by atoms with Gasteiger partial charge in [-0.2, -0.15) is 0 Å². The van der Waals surface area contributed by atoms with Gasteiger partial charge in [0.15, 0.2) is 11.6 Å². The van der Waals surface area contributed by atoms with Gasteiger partial charge in [0.05, 0.1) is 17.5 Å². The van der Waals surface area contributed by atoms with Crippen molar-refractivity contribution in [1.82, 2.24) is 0 Å². The molecule has 2 N–H and O–H groups in total. The molecule has 2 amide bonds. The lowest BCUT2D eigenvalue weighted by Crippen LogP contribution is -2.39. The highest BCUT2D eigenvalue weighted by Crippen LogP contribution is 2.55. The van der Waals surface area contributed by atoms with Crippen LogP contribution >= 0.6 is 0 Å². The molecular formula is C37H32N2O5. The molecule has 220 valence electrons. The van der Waals surface area contributed by atoms with Gasteiger partial charge in [0.25, 0.3) is 0 Å². The van der Waals surface area contributed by atoms with E-state index in [0.717, 1.165) is 22.5 Å². The Balaban J connectivity index is 1.26. The zero-order chi connectivity index (χ0) is 30.9. The normalized spacial score (nSPS) is 24.5. The van der Waals surface area contributed by atoms with Crippen LogP contribution in [-0.4, -0.2) is 28.5 Å². The lowest BCUT2D eigenvalue weighted by molar-refractivity contribution is -0.123. The van der Waals surface area contributed by atoms with Crippen LogP contribution in [0.15, 0.2) is 101 Å². The van der Waals surface area contributed by atoms with Gasteiger partial charge < -0.3 is 10.4 Å². The van der Waals surface area contributed by atoms with E-state index in [1.54, 1.807) is 19.1 Å². The molecule has 0 radical (unpaired) electrons. The van der Waals surface area contributed by atoms with E-state index in [-0.39, 0.29) is 35.6 Å². The molecule has 4 atom stereocenters. The molecule has 44 heavy (non-hydrogen) atoms. The molecule has 1 fully saturated rings. The number of aromatic hydroxyl groups is 1. The summed E-state index contributed by atoms with van der Waals surface area (Å²) in [6.45, 7) is 5.27. The number of imide groups is 1. The van der Waals surface area contributed by atoms with Crippen molar-refractivity contribution in [3.8, 4) is 5.75 Å². The van der Waals surface area contributed by atoms with Crippen molar-refractivity contribution in [2.75, 3.05) is 10.2 Å². The fourth-order valence-corrected chi connectivity index (χ4v) is 7.53. The second-order valence-corrected chi connectivity index (χ2v) is 12.3. The zero-order valence-corrected chi connectivity index (χ0v) is 24.8. The first-order valence-electron chi connectivity index (χ1n) is 14.9. The Hall–Kier alpha value is -5.04. The topological polar surface area (TPSA) is 104 Å². The Kier molecular flexibility index (Phi) is 6.50. The van der Waals surface area contributed by atoms with Crippen LogP contribution in [-0.2, 0) is 19.2 Å². The number of amides is 2. The summed E-state index contributed by atoms with van der Waals surface area (Å²) < 4.78 is 0. The van der Waals surface area contributed by atoms with E-state index in [0.29, 0.717) is 40.0 Å². The maximum absolute atomic E-state index is 14.2. The van der Waals surface area contributed by atoms with E-state index in [1.807, 2.05) is 74.5 Å². The molecule has 3 aliphatic carbocycles. The summed E-state index contributed by atoms with van der Waals surface area (Å²) >= 11 is 0. The van der Waals surface area contributed by atoms with Crippen LogP contribution in [0.5, 0.6) is 5.75 Å². The zero-order valence-electron chi connectivity index (χ0n) is 24.8. The van der Waals surface area contributed by atoms with Crippen LogP contribution < -0.4 is 10.2 Å². The van der Waals surface area contributed by atoms with Crippen LogP contribution in [0.25, 0.3) is 0 Å². The Labute approximate surface area is 255 Å². The molecular weight excluding hydrogens is 552 g/mol. The first-order valence-corrected chi connectivity index (χ1v) is 14.9. The Morgan fingerprint density at radius 1 is 0.818 bits per heavy atom. The highest BCUT2D eigenvalue weighted by atomic mass is 16.3. The minimum absolute atomic E-state index is 0.172. The summed E-state index contributed by atoms with van der Waals surface area (Å²) in [5.74, 6) is -2.85. The standard InChI is InChI=1S/C37H32N2O5/c1-19-15-22(16-20(2)34(19)41)31-26-13-14-27-32(28(26)18-29-30(40)17-21(3)35(42)33(29)31)37(44)39(36(27)43)25-11-9-24(10-12-25)38-23-7-5-4-6-8-23/h4-13,15-17,27-28,31-32,38,41H,14,18H2,1-3H3. The minimum Gasteiger partial charge on any atom is -0.507 e. The number of carbonyl (C=O) groups excluding carboxylic acids is 4. The van der Waals surface area contributed by atoms with Gasteiger partial charge in [-0.15, -0.1) is 0 Å². The summed E-state index contributed by atoms with van der Waals surface area (Å²) in [4.78, 5) is 56.3. The number of anilines is 3. The average Bonchev–Trinajstić information content (AvgIpc) is 3.27. The highest BCUT2D eigenvalue weighted by molar-refractivity contribution is 6.25. The van der Waals surface area contributed by atoms with Gasteiger partial charge in [-0.1, -0.05) is 42.0 Å². The number of hydrogen-bond donors (Lipinski definition) is 2. The van der Waals surface area contributed by atoms with E-state index < -0.39 is 23.7 Å². The Morgan fingerprint density at radius 3 is 2.16 bits per heavy atom. The van der Waals surface area contributed by atoms with Crippen molar-refractivity contribution in [2.24, 2.45) is 17.8 Å². The number of fused-ring (bicyclic) bond motifs is 3. The molecule has 0 aromatic heterocycles. The third-order valence-corrected chi connectivity index (χ3v) is 9.60. The summed E-state index contributed by atoms with van der Waals surface area (Å²) in [6.07, 6.45) is 4.01. The first kappa shape index (κ1) is 27.8.